The average molecular weight is 292 g/mol. The Bertz CT molecular complexity index is 705. The van der Waals surface area contributed by atoms with E-state index in [2.05, 4.69) is 22.4 Å². The molecule has 2 aliphatic rings. The van der Waals surface area contributed by atoms with Crippen LogP contribution in [0.25, 0.3) is 0 Å². The van der Waals surface area contributed by atoms with Crippen molar-refractivity contribution in [2.24, 2.45) is 0 Å². The highest BCUT2D eigenvalue weighted by atomic mass is 16.1. The van der Waals surface area contributed by atoms with Gasteiger partial charge in [-0.2, -0.15) is 0 Å². The van der Waals surface area contributed by atoms with Crippen molar-refractivity contribution in [2.45, 2.75) is 37.5 Å². The molecule has 1 fully saturated rings. The molecule has 1 N–H and O–H groups in total. The summed E-state index contributed by atoms with van der Waals surface area (Å²) in [7, 11) is 0. The van der Waals surface area contributed by atoms with E-state index in [4.69, 9.17) is 0 Å². The van der Waals surface area contributed by atoms with E-state index < -0.39 is 0 Å². The molecule has 0 aliphatic heterocycles. The maximum atomic E-state index is 12.6. The second kappa shape index (κ2) is 5.24. The largest absolute Gasteiger partial charge is 0.351 e. The van der Waals surface area contributed by atoms with E-state index in [-0.39, 0.29) is 11.3 Å². The fourth-order valence-electron chi connectivity index (χ4n) is 3.53. The number of nitrogens with one attached hydrogen (secondary N) is 1. The quantitative estimate of drug-likeness (QED) is 0.941. The zero-order valence-corrected chi connectivity index (χ0v) is 12.6. The third-order valence-corrected chi connectivity index (χ3v) is 5.04. The summed E-state index contributed by atoms with van der Waals surface area (Å²) >= 11 is 0. The minimum Gasteiger partial charge on any atom is -0.351 e. The standard InChI is InChI=1S/C19H20N2O/c22-18(16-8-4-6-14-5-3-7-15(14)16)21-13-19(10-11-19)17-9-1-2-12-20-17/h1-2,4,6,8-9,12H,3,5,7,10-11,13H2,(H,21,22). The minimum absolute atomic E-state index is 0.0644. The van der Waals surface area contributed by atoms with Crippen LogP contribution in [0.4, 0.5) is 0 Å². The maximum Gasteiger partial charge on any atom is 0.251 e. The second-order valence-corrected chi connectivity index (χ2v) is 6.47. The van der Waals surface area contributed by atoms with Crippen molar-refractivity contribution >= 4 is 5.91 Å². The number of amides is 1. The number of aryl methyl sites for hydroxylation is 1. The number of carbonyl (C=O) groups is 1. The molecule has 4 rings (SSSR count). The maximum absolute atomic E-state index is 12.6. The molecule has 1 aromatic heterocycles. The lowest BCUT2D eigenvalue weighted by molar-refractivity contribution is 0.0948. The summed E-state index contributed by atoms with van der Waals surface area (Å²) in [5.41, 5.74) is 4.64. The summed E-state index contributed by atoms with van der Waals surface area (Å²) in [5.74, 6) is 0.0703. The molecule has 3 heteroatoms. The van der Waals surface area contributed by atoms with Gasteiger partial charge >= 0.3 is 0 Å². The lowest BCUT2D eigenvalue weighted by Crippen LogP contribution is -2.33. The Morgan fingerprint density at radius 3 is 2.82 bits per heavy atom. The van der Waals surface area contributed by atoms with Crippen LogP contribution in [0, 0.1) is 0 Å². The Morgan fingerprint density at radius 1 is 1.14 bits per heavy atom. The predicted molar refractivity (Wildman–Crippen MR) is 85.9 cm³/mol. The minimum atomic E-state index is 0.0644. The first-order valence-corrected chi connectivity index (χ1v) is 8.09. The third-order valence-electron chi connectivity index (χ3n) is 5.04. The lowest BCUT2D eigenvalue weighted by Gasteiger charge is -2.16. The molecule has 0 radical (unpaired) electrons. The predicted octanol–water partition coefficient (Wildman–Crippen LogP) is 3.03. The Morgan fingerprint density at radius 2 is 2.05 bits per heavy atom. The van der Waals surface area contributed by atoms with Gasteiger partial charge in [0, 0.05) is 29.4 Å². The fourth-order valence-corrected chi connectivity index (χ4v) is 3.53. The number of hydrogen-bond acceptors (Lipinski definition) is 2. The zero-order chi connectivity index (χ0) is 15.0. The molecule has 0 unspecified atom stereocenters. The van der Waals surface area contributed by atoms with Gasteiger partial charge in [0.25, 0.3) is 5.91 Å². The molecule has 2 aromatic rings. The summed E-state index contributed by atoms with van der Waals surface area (Å²) in [6, 6.07) is 12.1. The van der Waals surface area contributed by atoms with Gasteiger partial charge in [0.05, 0.1) is 0 Å². The second-order valence-electron chi connectivity index (χ2n) is 6.47. The van der Waals surface area contributed by atoms with Gasteiger partial charge in [-0.3, -0.25) is 9.78 Å². The van der Waals surface area contributed by atoms with Crippen molar-refractivity contribution in [3.63, 3.8) is 0 Å². The van der Waals surface area contributed by atoms with Crippen molar-refractivity contribution in [3.8, 4) is 0 Å². The first-order chi connectivity index (χ1) is 10.8. The Balaban J connectivity index is 1.49. The molecule has 1 aromatic carbocycles. The molecule has 1 heterocycles. The zero-order valence-electron chi connectivity index (χ0n) is 12.6. The molecule has 2 aliphatic carbocycles. The van der Waals surface area contributed by atoms with Crippen LogP contribution in [0.3, 0.4) is 0 Å². The van der Waals surface area contributed by atoms with Gasteiger partial charge in [0.2, 0.25) is 0 Å². The monoisotopic (exact) mass is 292 g/mol. The Labute approximate surface area is 130 Å². The smallest absolute Gasteiger partial charge is 0.251 e. The lowest BCUT2D eigenvalue weighted by atomic mass is 10.00. The SMILES string of the molecule is O=C(NCC1(c2ccccn2)CC1)c1cccc2c1CCC2. The normalized spacial score (nSPS) is 17.8. The fraction of sp³-hybridized carbons (Fsp3) is 0.368. The van der Waals surface area contributed by atoms with Crippen LogP contribution >= 0.6 is 0 Å². The van der Waals surface area contributed by atoms with Gasteiger partial charge in [-0.15, -0.1) is 0 Å². The summed E-state index contributed by atoms with van der Waals surface area (Å²) in [6.07, 6.45) is 7.35. The molecular weight excluding hydrogens is 272 g/mol. The van der Waals surface area contributed by atoms with Crippen LogP contribution in [-0.2, 0) is 18.3 Å². The molecule has 0 spiro atoms. The Hall–Kier alpha value is -2.16. The average Bonchev–Trinajstić information content (AvgIpc) is 3.21. The van der Waals surface area contributed by atoms with Crippen molar-refractivity contribution in [1.29, 1.82) is 0 Å². The van der Waals surface area contributed by atoms with E-state index in [0.717, 1.165) is 43.4 Å². The molecule has 112 valence electrons. The van der Waals surface area contributed by atoms with Crippen molar-refractivity contribution in [3.05, 3.63) is 65.0 Å². The summed E-state index contributed by atoms with van der Waals surface area (Å²) in [4.78, 5) is 17.0. The van der Waals surface area contributed by atoms with Gasteiger partial charge < -0.3 is 5.32 Å². The third kappa shape index (κ3) is 2.31. The molecular formula is C19H20N2O. The van der Waals surface area contributed by atoms with E-state index in [9.17, 15) is 4.79 Å². The van der Waals surface area contributed by atoms with Crippen LogP contribution < -0.4 is 5.32 Å². The van der Waals surface area contributed by atoms with Crippen LogP contribution in [0.15, 0.2) is 42.6 Å². The highest BCUT2D eigenvalue weighted by molar-refractivity contribution is 5.96. The van der Waals surface area contributed by atoms with Crippen LogP contribution in [0.2, 0.25) is 0 Å². The highest BCUT2D eigenvalue weighted by Crippen LogP contribution is 2.46. The summed E-state index contributed by atoms with van der Waals surface area (Å²) in [5, 5.41) is 3.15. The molecule has 0 bridgehead atoms. The number of pyridine rings is 1. The molecule has 1 saturated carbocycles. The number of aromatic nitrogens is 1. The topological polar surface area (TPSA) is 42.0 Å². The van der Waals surface area contributed by atoms with Crippen LogP contribution in [-0.4, -0.2) is 17.4 Å². The molecule has 0 atom stereocenters. The number of nitrogens with zero attached hydrogens (tertiary/aromatic N) is 1. The molecule has 22 heavy (non-hydrogen) atoms. The first kappa shape index (κ1) is 13.5. The van der Waals surface area contributed by atoms with Gasteiger partial charge in [0.15, 0.2) is 0 Å². The highest BCUT2D eigenvalue weighted by Gasteiger charge is 2.45. The van der Waals surface area contributed by atoms with Crippen LogP contribution in [0.5, 0.6) is 0 Å². The van der Waals surface area contributed by atoms with E-state index in [1.54, 1.807) is 0 Å². The Kier molecular flexibility index (Phi) is 3.21. The number of hydrogen-bond donors (Lipinski definition) is 1. The van der Waals surface area contributed by atoms with Crippen molar-refractivity contribution < 1.29 is 4.79 Å². The summed E-state index contributed by atoms with van der Waals surface area (Å²) in [6.45, 7) is 0.687. The van der Waals surface area contributed by atoms with Crippen LogP contribution in [0.1, 0.15) is 46.4 Å². The van der Waals surface area contributed by atoms with E-state index in [0.29, 0.717) is 6.54 Å². The summed E-state index contributed by atoms with van der Waals surface area (Å²) < 4.78 is 0. The van der Waals surface area contributed by atoms with E-state index in [1.165, 1.54) is 11.1 Å². The first-order valence-electron chi connectivity index (χ1n) is 8.09. The molecule has 1 amide bonds. The van der Waals surface area contributed by atoms with Gasteiger partial charge in [0.1, 0.15) is 0 Å². The number of fused-ring (bicyclic) bond motifs is 1. The number of rotatable bonds is 4. The van der Waals surface area contributed by atoms with Gasteiger partial charge in [-0.25, -0.2) is 0 Å². The number of carbonyl (C=O) groups excluding carboxylic acids is 1. The van der Waals surface area contributed by atoms with Crippen molar-refractivity contribution in [2.75, 3.05) is 6.54 Å². The van der Waals surface area contributed by atoms with E-state index in [1.807, 2.05) is 30.5 Å². The van der Waals surface area contributed by atoms with Gasteiger partial charge in [-0.1, -0.05) is 18.2 Å². The molecule has 3 nitrogen and oxygen atoms in total. The molecule has 0 saturated heterocycles. The van der Waals surface area contributed by atoms with E-state index >= 15 is 0 Å². The van der Waals surface area contributed by atoms with Crippen molar-refractivity contribution in [1.82, 2.24) is 10.3 Å². The number of benzene rings is 1. The van der Waals surface area contributed by atoms with Gasteiger partial charge in [-0.05, 0) is 61.4 Å².